The summed E-state index contributed by atoms with van der Waals surface area (Å²) in [6.07, 6.45) is 1.70. The van der Waals surface area contributed by atoms with E-state index in [1.165, 1.54) is 0 Å². The molecule has 1 nitrogen and oxygen atoms in total. The molecule has 0 radical (unpaired) electrons. The van der Waals surface area contributed by atoms with Crippen LogP contribution in [0.1, 0.15) is 0 Å². The van der Waals surface area contributed by atoms with Crippen molar-refractivity contribution in [3.8, 4) is 0 Å². The topological polar surface area (TPSA) is 12.9 Å². The number of pyridine rings is 1. The number of rotatable bonds is 0. The van der Waals surface area contributed by atoms with Crippen LogP contribution in [0.25, 0.3) is 10.9 Å². The monoisotopic (exact) mass is 241 g/mol. The first-order chi connectivity index (χ1) is 5.79. The molecule has 12 heavy (non-hydrogen) atoms. The smallest absolute Gasteiger partial charge is 0.0858 e. The van der Waals surface area contributed by atoms with Gasteiger partial charge in [-0.15, -0.1) is 0 Å². The lowest BCUT2D eigenvalue weighted by Crippen LogP contribution is -1.79. The molecule has 3 heteroatoms. The molecule has 0 aliphatic heterocycles. The highest BCUT2D eigenvalue weighted by Crippen LogP contribution is 2.26. The van der Waals surface area contributed by atoms with Crippen LogP contribution in [-0.2, 0) is 0 Å². The van der Waals surface area contributed by atoms with Crippen LogP contribution in [0.4, 0.5) is 0 Å². The number of hydrogen-bond acceptors (Lipinski definition) is 1. The summed E-state index contributed by atoms with van der Waals surface area (Å²) in [5, 5.41) is 1.72. The number of benzene rings is 1. The zero-order chi connectivity index (χ0) is 8.55. The van der Waals surface area contributed by atoms with Crippen molar-refractivity contribution in [1.82, 2.24) is 4.98 Å². The third-order valence-corrected chi connectivity index (χ3v) is 2.64. The van der Waals surface area contributed by atoms with Gasteiger partial charge in [-0.3, -0.25) is 4.98 Å². The van der Waals surface area contributed by atoms with Crippen LogP contribution in [0.3, 0.4) is 0 Å². The van der Waals surface area contributed by atoms with Crippen molar-refractivity contribution in [1.29, 1.82) is 0 Å². The standard InChI is InChI=1S/C9H5BrClN/c10-7-3-1-2-6-8(11)4-5-12-9(6)7/h1-5H. The van der Waals surface area contributed by atoms with E-state index in [2.05, 4.69) is 20.9 Å². The summed E-state index contributed by atoms with van der Waals surface area (Å²) in [6, 6.07) is 7.64. The molecule has 0 unspecified atom stereocenters. The zero-order valence-corrected chi connectivity index (χ0v) is 8.43. The molecule has 0 bridgehead atoms. The van der Waals surface area contributed by atoms with Crippen LogP contribution in [0.5, 0.6) is 0 Å². The molecule has 0 spiro atoms. The lowest BCUT2D eigenvalue weighted by molar-refractivity contribution is 1.40. The number of aromatic nitrogens is 1. The molecule has 0 N–H and O–H groups in total. The Bertz CT molecular complexity index is 387. The molecule has 0 saturated carbocycles. The van der Waals surface area contributed by atoms with E-state index in [4.69, 9.17) is 11.6 Å². The minimum Gasteiger partial charge on any atom is -0.255 e. The highest BCUT2D eigenvalue weighted by molar-refractivity contribution is 9.10. The van der Waals surface area contributed by atoms with E-state index in [0.29, 0.717) is 0 Å². The van der Waals surface area contributed by atoms with Crippen LogP contribution in [0.2, 0.25) is 5.02 Å². The van der Waals surface area contributed by atoms with E-state index in [0.717, 1.165) is 20.4 Å². The number of fused-ring (bicyclic) bond motifs is 1. The molecule has 0 amide bonds. The van der Waals surface area contributed by atoms with Crippen molar-refractivity contribution < 1.29 is 0 Å². The van der Waals surface area contributed by atoms with Crippen molar-refractivity contribution in [2.45, 2.75) is 0 Å². The molecule has 1 heterocycles. The number of nitrogens with zero attached hydrogens (tertiary/aromatic N) is 1. The fourth-order valence-corrected chi connectivity index (χ4v) is 1.78. The summed E-state index contributed by atoms with van der Waals surface area (Å²) in [7, 11) is 0. The minimum absolute atomic E-state index is 0.737. The van der Waals surface area contributed by atoms with Crippen molar-refractivity contribution in [2.75, 3.05) is 0 Å². The van der Waals surface area contributed by atoms with Crippen LogP contribution >= 0.6 is 27.5 Å². The maximum absolute atomic E-state index is 5.97. The minimum atomic E-state index is 0.737. The Morgan fingerprint density at radius 2 is 2.08 bits per heavy atom. The van der Waals surface area contributed by atoms with Crippen molar-refractivity contribution in [3.63, 3.8) is 0 Å². The number of halogens is 2. The molecular formula is C9H5BrClN. The third-order valence-electron chi connectivity index (χ3n) is 1.67. The van der Waals surface area contributed by atoms with Gasteiger partial charge in [-0.2, -0.15) is 0 Å². The molecular weight excluding hydrogens is 237 g/mol. The summed E-state index contributed by atoms with van der Waals surface area (Å²) in [5.41, 5.74) is 0.907. The number of hydrogen-bond donors (Lipinski definition) is 0. The molecule has 1 aromatic heterocycles. The molecule has 0 aliphatic carbocycles. The summed E-state index contributed by atoms with van der Waals surface area (Å²) in [5.74, 6) is 0. The van der Waals surface area contributed by atoms with Gasteiger partial charge in [-0.25, -0.2) is 0 Å². The van der Waals surface area contributed by atoms with E-state index in [1.54, 1.807) is 12.3 Å². The molecule has 0 atom stereocenters. The highest BCUT2D eigenvalue weighted by atomic mass is 79.9. The van der Waals surface area contributed by atoms with E-state index < -0.39 is 0 Å². The van der Waals surface area contributed by atoms with Gasteiger partial charge in [0.15, 0.2) is 0 Å². The van der Waals surface area contributed by atoms with Gasteiger partial charge in [0, 0.05) is 16.1 Å². The summed E-state index contributed by atoms with van der Waals surface area (Å²) >= 11 is 9.38. The van der Waals surface area contributed by atoms with E-state index in [1.807, 2.05) is 18.2 Å². The van der Waals surface area contributed by atoms with E-state index in [-0.39, 0.29) is 0 Å². The van der Waals surface area contributed by atoms with Gasteiger partial charge in [0.1, 0.15) is 0 Å². The second-order valence-corrected chi connectivity index (χ2v) is 3.69. The third kappa shape index (κ3) is 1.21. The Labute approximate surface area is 83.5 Å². The Morgan fingerprint density at radius 1 is 1.25 bits per heavy atom. The Balaban J connectivity index is 2.94. The van der Waals surface area contributed by atoms with Gasteiger partial charge in [0.25, 0.3) is 0 Å². The first-order valence-electron chi connectivity index (χ1n) is 3.48. The van der Waals surface area contributed by atoms with Crippen molar-refractivity contribution >= 4 is 38.4 Å². The van der Waals surface area contributed by atoms with Crippen molar-refractivity contribution in [3.05, 3.63) is 40.0 Å². The van der Waals surface area contributed by atoms with Gasteiger partial charge in [0.05, 0.1) is 10.5 Å². The predicted octanol–water partition coefficient (Wildman–Crippen LogP) is 3.65. The second-order valence-electron chi connectivity index (χ2n) is 2.43. The second kappa shape index (κ2) is 3.04. The molecule has 60 valence electrons. The van der Waals surface area contributed by atoms with Crippen molar-refractivity contribution in [2.24, 2.45) is 0 Å². The quantitative estimate of drug-likeness (QED) is 0.687. The lowest BCUT2D eigenvalue weighted by Gasteiger charge is -1.99. The van der Waals surface area contributed by atoms with E-state index in [9.17, 15) is 0 Å². The van der Waals surface area contributed by atoms with Crippen LogP contribution in [0, 0.1) is 0 Å². The summed E-state index contributed by atoms with van der Waals surface area (Å²) < 4.78 is 0.975. The Morgan fingerprint density at radius 3 is 2.83 bits per heavy atom. The van der Waals surface area contributed by atoms with Gasteiger partial charge >= 0.3 is 0 Å². The first-order valence-corrected chi connectivity index (χ1v) is 4.65. The molecule has 2 rings (SSSR count). The van der Waals surface area contributed by atoms with Crippen LogP contribution in [-0.4, -0.2) is 4.98 Å². The maximum atomic E-state index is 5.97. The van der Waals surface area contributed by atoms with Gasteiger partial charge in [-0.05, 0) is 28.1 Å². The summed E-state index contributed by atoms with van der Waals surface area (Å²) in [4.78, 5) is 4.21. The lowest BCUT2D eigenvalue weighted by atomic mass is 10.2. The molecule has 0 saturated heterocycles. The molecule has 2 aromatic rings. The fraction of sp³-hybridized carbons (Fsp3) is 0. The zero-order valence-electron chi connectivity index (χ0n) is 6.09. The van der Waals surface area contributed by atoms with Gasteiger partial charge in [-0.1, -0.05) is 23.7 Å². The van der Waals surface area contributed by atoms with Crippen LogP contribution in [0.15, 0.2) is 34.9 Å². The number of para-hydroxylation sites is 1. The maximum Gasteiger partial charge on any atom is 0.0858 e. The molecule has 0 aliphatic rings. The molecule has 0 fully saturated rings. The largest absolute Gasteiger partial charge is 0.255 e. The normalized spacial score (nSPS) is 10.5. The average Bonchev–Trinajstić information content (AvgIpc) is 2.07. The SMILES string of the molecule is Clc1ccnc2c(Br)cccc12. The van der Waals surface area contributed by atoms with Crippen LogP contribution < -0.4 is 0 Å². The Kier molecular flexibility index (Phi) is 2.03. The summed E-state index contributed by atoms with van der Waals surface area (Å²) in [6.45, 7) is 0. The average molecular weight is 243 g/mol. The Hall–Kier alpha value is -0.600. The molecule has 1 aromatic carbocycles. The predicted molar refractivity (Wildman–Crippen MR) is 54.5 cm³/mol. The fourth-order valence-electron chi connectivity index (χ4n) is 1.11. The van der Waals surface area contributed by atoms with E-state index >= 15 is 0 Å². The van der Waals surface area contributed by atoms with Gasteiger partial charge in [0.2, 0.25) is 0 Å². The van der Waals surface area contributed by atoms with Gasteiger partial charge < -0.3 is 0 Å². The highest BCUT2D eigenvalue weighted by Gasteiger charge is 2.01. The first kappa shape index (κ1) is 8.02.